The van der Waals surface area contributed by atoms with Crippen molar-refractivity contribution in [1.82, 2.24) is 9.55 Å². The molecule has 1 aliphatic rings. The van der Waals surface area contributed by atoms with Gasteiger partial charge in [0.05, 0.1) is 10.9 Å². The van der Waals surface area contributed by atoms with Crippen LogP contribution < -0.4 is 11.2 Å². The van der Waals surface area contributed by atoms with Gasteiger partial charge < -0.3 is 4.98 Å². The topological polar surface area (TPSA) is 54.9 Å². The predicted molar refractivity (Wildman–Crippen MR) is 81.7 cm³/mol. The van der Waals surface area contributed by atoms with E-state index in [0.29, 0.717) is 10.9 Å². The van der Waals surface area contributed by atoms with E-state index >= 15 is 0 Å². The highest BCUT2D eigenvalue weighted by molar-refractivity contribution is 5.76. The van der Waals surface area contributed by atoms with Crippen LogP contribution in [-0.2, 0) is 0 Å². The lowest BCUT2D eigenvalue weighted by Gasteiger charge is -2.06. The van der Waals surface area contributed by atoms with Crippen molar-refractivity contribution in [2.45, 2.75) is 18.4 Å². The molecular weight excluding hydrogens is 264 g/mol. The first-order valence-electron chi connectivity index (χ1n) is 7.04. The van der Waals surface area contributed by atoms with Crippen LogP contribution in [0.3, 0.4) is 0 Å². The highest BCUT2D eigenvalue weighted by Crippen LogP contribution is 2.49. The van der Waals surface area contributed by atoms with Gasteiger partial charge in [0.15, 0.2) is 0 Å². The van der Waals surface area contributed by atoms with Crippen molar-refractivity contribution in [3.63, 3.8) is 0 Å². The number of nitrogens with one attached hydrogen (secondary N) is 1. The fourth-order valence-corrected chi connectivity index (χ4v) is 3.00. The summed E-state index contributed by atoms with van der Waals surface area (Å²) in [4.78, 5) is 27.6. The lowest BCUT2D eigenvalue weighted by Crippen LogP contribution is -2.34. The monoisotopic (exact) mass is 278 g/mol. The van der Waals surface area contributed by atoms with Crippen LogP contribution in [0.2, 0.25) is 0 Å². The largest absolute Gasteiger partial charge is 0.329 e. The number of fused-ring (bicyclic) bond motifs is 1. The third-order valence-electron chi connectivity index (χ3n) is 4.15. The Hall–Kier alpha value is -2.62. The van der Waals surface area contributed by atoms with E-state index in [4.69, 9.17) is 0 Å². The molecule has 3 aromatic rings. The number of aromatic amines is 1. The summed E-state index contributed by atoms with van der Waals surface area (Å²) in [7, 11) is 0. The molecule has 2 atom stereocenters. The third-order valence-corrected chi connectivity index (χ3v) is 4.15. The molecule has 0 radical (unpaired) electrons. The lowest BCUT2D eigenvalue weighted by atomic mass is 10.1. The Labute approximate surface area is 120 Å². The van der Waals surface area contributed by atoms with E-state index in [1.165, 1.54) is 10.1 Å². The quantitative estimate of drug-likeness (QED) is 0.782. The van der Waals surface area contributed by atoms with Crippen molar-refractivity contribution in [3.05, 3.63) is 81.0 Å². The molecular formula is C17H14N2O2. The van der Waals surface area contributed by atoms with Gasteiger partial charge in [0, 0.05) is 12.0 Å². The minimum atomic E-state index is -0.317. The second kappa shape index (κ2) is 4.45. The van der Waals surface area contributed by atoms with Gasteiger partial charge in [-0.1, -0.05) is 42.5 Å². The van der Waals surface area contributed by atoms with E-state index in [9.17, 15) is 9.59 Å². The van der Waals surface area contributed by atoms with E-state index in [1.54, 1.807) is 12.1 Å². The summed E-state index contributed by atoms with van der Waals surface area (Å²) < 4.78 is 1.38. The average Bonchev–Trinajstić information content (AvgIpc) is 3.28. The Morgan fingerprint density at radius 1 is 0.952 bits per heavy atom. The fourth-order valence-electron chi connectivity index (χ4n) is 3.00. The van der Waals surface area contributed by atoms with E-state index in [2.05, 4.69) is 4.98 Å². The Bertz CT molecular complexity index is 925. The molecule has 104 valence electrons. The van der Waals surface area contributed by atoms with Crippen molar-refractivity contribution in [1.29, 1.82) is 0 Å². The first-order valence-corrected chi connectivity index (χ1v) is 7.04. The maximum atomic E-state index is 12.6. The summed E-state index contributed by atoms with van der Waals surface area (Å²) in [5.74, 6) is 0.256. The molecule has 2 aromatic carbocycles. The number of para-hydroxylation sites is 1. The van der Waals surface area contributed by atoms with Crippen molar-refractivity contribution in [2.24, 2.45) is 0 Å². The van der Waals surface area contributed by atoms with Crippen LogP contribution in [0.4, 0.5) is 0 Å². The molecule has 21 heavy (non-hydrogen) atoms. The van der Waals surface area contributed by atoms with Gasteiger partial charge in [-0.05, 0) is 24.1 Å². The number of hydrogen-bond acceptors (Lipinski definition) is 2. The van der Waals surface area contributed by atoms with Crippen LogP contribution >= 0.6 is 0 Å². The summed E-state index contributed by atoms with van der Waals surface area (Å²) in [5, 5.41) is 0.566. The van der Waals surface area contributed by atoms with Crippen LogP contribution in [0.25, 0.3) is 10.9 Å². The van der Waals surface area contributed by atoms with Crippen LogP contribution in [0, 0.1) is 0 Å². The molecule has 0 saturated heterocycles. The number of rotatable bonds is 2. The van der Waals surface area contributed by atoms with Crippen LogP contribution in [0.15, 0.2) is 64.2 Å². The van der Waals surface area contributed by atoms with Crippen LogP contribution in [0.5, 0.6) is 0 Å². The average molecular weight is 278 g/mol. The molecule has 1 N–H and O–H groups in total. The summed E-state index contributed by atoms with van der Waals surface area (Å²) >= 11 is 0. The summed E-state index contributed by atoms with van der Waals surface area (Å²) in [5.41, 5.74) is 1.27. The highest BCUT2D eigenvalue weighted by atomic mass is 16.2. The van der Waals surface area contributed by atoms with E-state index in [1.807, 2.05) is 42.5 Å². The molecule has 1 aromatic heterocycles. The van der Waals surface area contributed by atoms with Gasteiger partial charge >= 0.3 is 5.69 Å². The minimum absolute atomic E-state index is 0.0340. The molecule has 2 unspecified atom stereocenters. The normalized spacial score (nSPS) is 20.6. The van der Waals surface area contributed by atoms with Gasteiger partial charge in [-0.2, -0.15) is 0 Å². The summed E-state index contributed by atoms with van der Waals surface area (Å²) in [6.07, 6.45) is 0.839. The number of benzene rings is 2. The van der Waals surface area contributed by atoms with E-state index < -0.39 is 0 Å². The Kier molecular flexibility index (Phi) is 2.57. The zero-order chi connectivity index (χ0) is 14.4. The number of nitrogens with zero attached hydrogens (tertiary/aromatic N) is 1. The first kappa shape index (κ1) is 12.1. The minimum Gasteiger partial charge on any atom is -0.307 e. The van der Waals surface area contributed by atoms with Gasteiger partial charge in [-0.15, -0.1) is 0 Å². The maximum Gasteiger partial charge on any atom is 0.329 e. The lowest BCUT2D eigenvalue weighted by molar-refractivity contribution is 0.648. The second-order valence-electron chi connectivity index (χ2n) is 5.47. The van der Waals surface area contributed by atoms with Gasteiger partial charge in [-0.3, -0.25) is 9.36 Å². The molecule has 4 heteroatoms. The molecule has 1 aliphatic carbocycles. The smallest absolute Gasteiger partial charge is 0.307 e. The van der Waals surface area contributed by atoms with Gasteiger partial charge in [0.25, 0.3) is 5.56 Å². The molecule has 0 amide bonds. The van der Waals surface area contributed by atoms with Gasteiger partial charge in [0.1, 0.15) is 0 Å². The van der Waals surface area contributed by atoms with E-state index in [-0.39, 0.29) is 23.2 Å². The summed E-state index contributed by atoms with van der Waals surface area (Å²) in [6, 6.07) is 17.1. The van der Waals surface area contributed by atoms with Crippen molar-refractivity contribution >= 4 is 10.9 Å². The summed E-state index contributed by atoms with van der Waals surface area (Å²) in [6.45, 7) is 0. The predicted octanol–water partition coefficient (Wildman–Crippen LogP) is 2.42. The second-order valence-corrected chi connectivity index (χ2v) is 5.47. The Morgan fingerprint density at radius 2 is 1.67 bits per heavy atom. The Morgan fingerprint density at radius 3 is 2.48 bits per heavy atom. The molecule has 4 rings (SSSR count). The van der Waals surface area contributed by atoms with E-state index in [0.717, 1.165) is 6.42 Å². The van der Waals surface area contributed by atoms with Crippen LogP contribution in [0.1, 0.15) is 23.9 Å². The molecule has 1 saturated carbocycles. The number of hydrogen-bond donors (Lipinski definition) is 1. The van der Waals surface area contributed by atoms with Crippen molar-refractivity contribution in [2.75, 3.05) is 0 Å². The molecule has 0 spiro atoms. The highest BCUT2D eigenvalue weighted by Gasteiger charge is 2.41. The zero-order valence-electron chi connectivity index (χ0n) is 11.3. The SMILES string of the molecule is O=c1[nH]c2ccccc2c(=O)n1C1CC1c1ccccc1. The number of aromatic nitrogens is 2. The third kappa shape index (κ3) is 1.91. The van der Waals surface area contributed by atoms with Crippen LogP contribution in [-0.4, -0.2) is 9.55 Å². The Balaban J connectivity index is 1.83. The molecule has 0 aliphatic heterocycles. The molecule has 4 nitrogen and oxygen atoms in total. The van der Waals surface area contributed by atoms with Gasteiger partial charge in [0.2, 0.25) is 0 Å². The van der Waals surface area contributed by atoms with Gasteiger partial charge in [-0.25, -0.2) is 4.79 Å². The molecule has 0 bridgehead atoms. The standard InChI is InChI=1S/C17H14N2O2/c20-16-12-8-4-5-9-14(12)18-17(21)19(16)15-10-13(15)11-6-2-1-3-7-11/h1-9,13,15H,10H2,(H,18,21). The zero-order valence-corrected chi connectivity index (χ0v) is 11.3. The van der Waals surface area contributed by atoms with Crippen molar-refractivity contribution < 1.29 is 0 Å². The first-order chi connectivity index (χ1) is 10.3. The van der Waals surface area contributed by atoms with Crippen molar-refractivity contribution in [3.8, 4) is 0 Å². The maximum absolute atomic E-state index is 12.6. The number of H-pyrrole nitrogens is 1. The molecule has 1 heterocycles. The molecule has 1 fully saturated rings. The fraction of sp³-hybridized carbons (Fsp3) is 0.176.